The van der Waals surface area contributed by atoms with Crippen LogP contribution >= 0.6 is 0 Å². The molecule has 0 spiro atoms. The van der Waals surface area contributed by atoms with E-state index >= 15 is 0 Å². The number of dihydropyridines is 1. The maximum Gasteiger partial charge on any atom is 0.154 e. The SMILES string of the molecule is CC1CCC2=C(c3ccccc3)NC(=C(C#N)C#N)C(C#N)=C2C1. The van der Waals surface area contributed by atoms with Crippen molar-refractivity contribution in [1.29, 1.82) is 15.8 Å². The standard InChI is InChI=1S/C20H16N4/c1-13-7-8-16-17(9-13)18(12-23)20(15(10-21)11-22)24-19(16)14-5-3-2-4-6-14/h2-6,13,24H,7-9H2,1H3. The Morgan fingerprint density at radius 1 is 1.08 bits per heavy atom. The predicted octanol–water partition coefficient (Wildman–Crippen LogP) is 3.94. The molecular weight excluding hydrogens is 296 g/mol. The lowest BCUT2D eigenvalue weighted by molar-refractivity contribution is 0.494. The summed E-state index contributed by atoms with van der Waals surface area (Å²) in [6.45, 7) is 2.17. The van der Waals surface area contributed by atoms with Gasteiger partial charge in [-0.25, -0.2) is 0 Å². The molecule has 4 heteroatoms. The summed E-state index contributed by atoms with van der Waals surface area (Å²) in [5, 5.41) is 31.4. The number of hydrogen-bond donors (Lipinski definition) is 1. The molecule has 24 heavy (non-hydrogen) atoms. The van der Waals surface area contributed by atoms with Crippen LogP contribution in [0, 0.1) is 39.9 Å². The molecule has 1 fully saturated rings. The molecule has 0 saturated heterocycles. The van der Waals surface area contributed by atoms with Gasteiger partial charge < -0.3 is 5.32 Å². The van der Waals surface area contributed by atoms with Gasteiger partial charge in [-0.3, -0.25) is 0 Å². The van der Waals surface area contributed by atoms with Crippen molar-refractivity contribution in [3.63, 3.8) is 0 Å². The first-order valence-electron chi connectivity index (χ1n) is 7.93. The largest absolute Gasteiger partial charge is 0.352 e. The summed E-state index contributed by atoms with van der Waals surface area (Å²) in [5.41, 5.74) is 4.76. The van der Waals surface area contributed by atoms with Gasteiger partial charge in [-0.05, 0) is 41.9 Å². The van der Waals surface area contributed by atoms with Crippen LogP contribution in [-0.2, 0) is 0 Å². The summed E-state index contributed by atoms with van der Waals surface area (Å²) < 4.78 is 0. The third kappa shape index (κ3) is 2.58. The first-order chi connectivity index (χ1) is 11.7. The molecular formula is C20H16N4. The van der Waals surface area contributed by atoms with Gasteiger partial charge in [0.15, 0.2) is 5.57 Å². The Labute approximate surface area is 141 Å². The van der Waals surface area contributed by atoms with E-state index in [0.29, 0.717) is 17.2 Å². The fourth-order valence-corrected chi connectivity index (χ4v) is 3.36. The molecule has 4 nitrogen and oxygen atoms in total. The van der Waals surface area contributed by atoms with Gasteiger partial charge in [0.2, 0.25) is 0 Å². The minimum atomic E-state index is -0.0512. The first kappa shape index (κ1) is 15.6. The normalized spacial score (nSPS) is 19.6. The lowest BCUT2D eigenvalue weighted by Gasteiger charge is -2.33. The Hall–Kier alpha value is -3.29. The van der Waals surface area contributed by atoms with Crippen LogP contribution in [0.1, 0.15) is 31.7 Å². The van der Waals surface area contributed by atoms with Gasteiger partial charge in [0, 0.05) is 5.70 Å². The molecule has 1 aliphatic heterocycles. The van der Waals surface area contributed by atoms with Gasteiger partial charge >= 0.3 is 0 Å². The van der Waals surface area contributed by atoms with Crippen LogP contribution in [0.2, 0.25) is 0 Å². The van der Waals surface area contributed by atoms with E-state index in [-0.39, 0.29) is 5.57 Å². The van der Waals surface area contributed by atoms with Crippen LogP contribution in [0.4, 0.5) is 0 Å². The molecule has 0 bridgehead atoms. The fourth-order valence-electron chi connectivity index (χ4n) is 3.36. The predicted molar refractivity (Wildman–Crippen MR) is 90.4 cm³/mol. The molecule has 0 aromatic heterocycles. The van der Waals surface area contributed by atoms with E-state index in [2.05, 4.69) is 18.3 Å². The number of nitrogens with zero attached hydrogens (tertiary/aromatic N) is 3. The number of fused-ring (bicyclic) bond motifs is 1. The highest BCUT2D eigenvalue weighted by Crippen LogP contribution is 2.42. The smallest absolute Gasteiger partial charge is 0.154 e. The van der Waals surface area contributed by atoms with E-state index in [1.54, 1.807) is 0 Å². The van der Waals surface area contributed by atoms with E-state index in [1.807, 2.05) is 42.5 Å². The topological polar surface area (TPSA) is 83.4 Å². The number of allylic oxidation sites excluding steroid dienone is 4. The fraction of sp³-hybridized carbons (Fsp3) is 0.250. The molecule has 2 aliphatic rings. The maximum absolute atomic E-state index is 9.66. The minimum absolute atomic E-state index is 0.0512. The number of hydrogen-bond acceptors (Lipinski definition) is 4. The third-order valence-electron chi connectivity index (χ3n) is 4.56. The zero-order chi connectivity index (χ0) is 17.1. The molecule has 1 aromatic carbocycles. The lowest BCUT2D eigenvalue weighted by Crippen LogP contribution is -2.26. The Bertz CT molecular complexity index is 880. The van der Waals surface area contributed by atoms with Crippen molar-refractivity contribution in [1.82, 2.24) is 5.32 Å². The summed E-state index contributed by atoms with van der Waals surface area (Å²) >= 11 is 0. The van der Waals surface area contributed by atoms with Gasteiger partial charge in [-0.2, -0.15) is 15.8 Å². The maximum atomic E-state index is 9.66. The van der Waals surface area contributed by atoms with Crippen LogP contribution in [0.3, 0.4) is 0 Å². The lowest BCUT2D eigenvalue weighted by atomic mass is 9.76. The third-order valence-corrected chi connectivity index (χ3v) is 4.56. The van der Waals surface area contributed by atoms with Crippen molar-refractivity contribution in [2.45, 2.75) is 26.2 Å². The molecule has 1 aromatic rings. The second-order valence-electron chi connectivity index (χ2n) is 6.13. The summed E-state index contributed by atoms with van der Waals surface area (Å²) in [5.74, 6) is 0.482. The molecule has 116 valence electrons. The second-order valence-corrected chi connectivity index (χ2v) is 6.13. The summed E-state index contributed by atoms with van der Waals surface area (Å²) in [6, 6.07) is 15.9. The van der Waals surface area contributed by atoms with E-state index in [0.717, 1.165) is 41.7 Å². The summed E-state index contributed by atoms with van der Waals surface area (Å²) in [6.07, 6.45) is 2.75. The summed E-state index contributed by atoms with van der Waals surface area (Å²) in [7, 11) is 0. The van der Waals surface area contributed by atoms with E-state index in [4.69, 9.17) is 0 Å². The van der Waals surface area contributed by atoms with Crippen LogP contribution in [0.15, 0.2) is 58.3 Å². The molecule has 3 rings (SSSR count). The van der Waals surface area contributed by atoms with Crippen molar-refractivity contribution in [2.24, 2.45) is 5.92 Å². The van der Waals surface area contributed by atoms with Gasteiger partial charge in [0.1, 0.15) is 18.2 Å². The Morgan fingerprint density at radius 2 is 1.79 bits per heavy atom. The monoisotopic (exact) mass is 312 g/mol. The van der Waals surface area contributed by atoms with Crippen molar-refractivity contribution >= 4 is 5.70 Å². The van der Waals surface area contributed by atoms with Crippen molar-refractivity contribution < 1.29 is 0 Å². The highest BCUT2D eigenvalue weighted by atomic mass is 14.9. The van der Waals surface area contributed by atoms with Gasteiger partial charge in [-0.1, -0.05) is 37.3 Å². The molecule has 1 atom stereocenters. The average Bonchev–Trinajstić information content (AvgIpc) is 2.62. The minimum Gasteiger partial charge on any atom is -0.352 e. The van der Waals surface area contributed by atoms with Gasteiger partial charge in [-0.15, -0.1) is 0 Å². The Balaban J connectivity index is 2.29. The van der Waals surface area contributed by atoms with Crippen molar-refractivity contribution in [3.8, 4) is 18.2 Å². The Kier molecular flexibility index (Phi) is 4.19. The van der Waals surface area contributed by atoms with Gasteiger partial charge in [0.25, 0.3) is 0 Å². The number of nitrogens with one attached hydrogen (secondary N) is 1. The zero-order valence-corrected chi connectivity index (χ0v) is 13.4. The van der Waals surface area contributed by atoms with Crippen LogP contribution in [0.5, 0.6) is 0 Å². The van der Waals surface area contributed by atoms with Crippen LogP contribution in [-0.4, -0.2) is 0 Å². The highest BCUT2D eigenvalue weighted by molar-refractivity contribution is 5.79. The van der Waals surface area contributed by atoms with Crippen molar-refractivity contribution in [2.75, 3.05) is 0 Å². The molecule has 1 heterocycles. The molecule has 1 N–H and O–H groups in total. The number of nitriles is 3. The Morgan fingerprint density at radius 3 is 2.42 bits per heavy atom. The quantitative estimate of drug-likeness (QED) is 0.796. The molecule has 1 saturated carbocycles. The van der Waals surface area contributed by atoms with Gasteiger partial charge in [0.05, 0.1) is 11.3 Å². The first-order valence-corrected chi connectivity index (χ1v) is 7.93. The van der Waals surface area contributed by atoms with Crippen LogP contribution < -0.4 is 5.32 Å². The number of benzene rings is 1. The molecule has 1 unspecified atom stereocenters. The molecule has 0 radical (unpaired) electrons. The second kappa shape index (κ2) is 6.45. The van der Waals surface area contributed by atoms with E-state index in [9.17, 15) is 15.8 Å². The summed E-state index contributed by atoms with van der Waals surface area (Å²) in [4.78, 5) is 0. The zero-order valence-electron chi connectivity index (χ0n) is 13.4. The average molecular weight is 312 g/mol. The number of rotatable bonds is 1. The molecule has 1 aliphatic carbocycles. The van der Waals surface area contributed by atoms with Crippen LogP contribution in [0.25, 0.3) is 5.70 Å². The molecule has 0 amide bonds. The van der Waals surface area contributed by atoms with E-state index in [1.165, 1.54) is 0 Å². The van der Waals surface area contributed by atoms with Crippen molar-refractivity contribution in [3.05, 3.63) is 63.9 Å². The van der Waals surface area contributed by atoms with E-state index < -0.39 is 0 Å². The highest BCUT2D eigenvalue weighted by Gasteiger charge is 2.31.